The molecule has 4 heteroatoms. The van der Waals surface area contributed by atoms with Gasteiger partial charge in [0.1, 0.15) is 0 Å². The van der Waals surface area contributed by atoms with E-state index in [0.29, 0.717) is 0 Å². The number of thiophene rings is 1. The third-order valence-electron chi connectivity index (χ3n) is 3.04. The summed E-state index contributed by atoms with van der Waals surface area (Å²) in [6.07, 6.45) is 0.762. The van der Waals surface area contributed by atoms with Gasteiger partial charge in [-0.05, 0) is 40.2 Å². The van der Waals surface area contributed by atoms with Crippen LogP contribution in [0.4, 0.5) is 0 Å². The summed E-state index contributed by atoms with van der Waals surface area (Å²) in [5.41, 5.74) is 8.30. The Bertz CT molecular complexity index is 708. The number of rotatable bonds is 3. The van der Waals surface area contributed by atoms with E-state index in [1.54, 1.807) is 11.3 Å². The molecule has 96 valence electrons. The Morgan fingerprint density at radius 3 is 2.74 bits per heavy atom. The second-order valence-corrected chi connectivity index (χ2v) is 6.94. The molecule has 2 N–H and O–H groups in total. The Labute approximate surface area is 124 Å². The van der Waals surface area contributed by atoms with E-state index in [9.17, 15) is 0 Å². The Kier molecular flexibility index (Phi) is 3.64. The molecule has 1 unspecified atom stereocenters. The normalized spacial score (nSPS) is 12.7. The molecule has 0 amide bonds. The molecular formula is C15H13BrN2S. The van der Waals surface area contributed by atoms with Crippen LogP contribution in [-0.4, -0.2) is 4.98 Å². The van der Waals surface area contributed by atoms with Crippen molar-refractivity contribution in [1.29, 1.82) is 0 Å². The maximum atomic E-state index is 6.23. The number of nitrogens with two attached hydrogens (primary N) is 1. The van der Waals surface area contributed by atoms with E-state index in [1.807, 2.05) is 24.3 Å². The molecule has 1 aromatic carbocycles. The number of aromatic nitrogens is 1. The van der Waals surface area contributed by atoms with Gasteiger partial charge in [-0.3, -0.25) is 4.98 Å². The molecule has 3 rings (SSSR count). The van der Waals surface area contributed by atoms with Crippen LogP contribution in [0.25, 0.3) is 10.9 Å². The third-order valence-corrected chi connectivity index (χ3v) is 4.80. The van der Waals surface area contributed by atoms with Crippen molar-refractivity contribution < 1.29 is 0 Å². The summed E-state index contributed by atoms with van der Waals surface area (Å²) in [5.74, 6) is 0. The number of hydrogen-bond acceptors (Lipinski definition) is 3. The monoisotopic (exact) mass is 332 g/mol. The van der Waals surface area contributed by atoms with Crippen molar-refractivity contribution in [3.05, 3.63) is 62.9 Å². The summed E-state index contributed by atoms with van der Waals surface area (Å²) in [4.78, 5) is 5.84. The summed E-state index contributed by atoms with van der Waals surface area (Å²) < 4.78 is 1.12. The van der Waals surface area contributed by atoms with E-state index in [4.69, 9.17) is 5.73 Å². The van der Waals surface area contributed by atoms with Gasteiger partial charge in [0.25, 0.3) is 0 Å². The topological polar surface area (TPSA) is 38.9 Å². The highest BCUT2D eigenvalue weighted by Crippen LogP contribution is 2.28. The highest BCUT2D eigenvalue weighted by Gasteiger charge is 2.10. The lowest BCUT2D eigenvalue weighted by Gasteiger charge is -2.09. The number of para-hydroxylation sites is 1. The van der Waals surface area contributed by atoms with Crippen LogP contribution in [0.1, 0.15) is 16.6 Å². The molecule has 19 heavy (non-hydrogen) atoms. The van der Waals surface area contributed by atoms with Crippen LogP contribution < -0.4 is 5.73 Å². The van der Waals surface area contributed by atoms with Gasteiger partial charge in [0.15, 0.2) is 0 Å². The van der Waals surface area contributed by atoms with E-state index in [-0.39, 0.29) is 6.04 Å². The van der Waals surface area contributed by atoms with Crippen LogP contribution >= 0.6 is 27.3 Å². The highest BCUT2D eigenvalue weighted by atomic mass is 79.9. The van der Waals surface area contributed by atoms with Crippen LogP contribution in [0, 0.1) is 0 Å². The number of nitrogens with zero attached hydrogens (tertiary/aromatic N) is 1. The van der Waals surface area contributed by atoms with Crippen LogP contribution in [0.2, 0.25) is 0 Å². The first kappa shape index (κ1) is 12.8. The molecule has 0 aliphatic rings. The standard InChI is InChI=1S/C15H13BrN2S/c16-15-8-7-14(19-15)12(17)9-11-6-5-10-3-1-2-4-13(10)18-11/h1-8,12H,9,17H2. The number of pyridine rings is 1. The lowest BCUT2D eigenvalue weighted by molar-refractivity contribution is 0.722. The average molecular weight is 333 g/mol. The van der Waals surface area contributed by atoms with E-state index < -0.39 is 0 Å². The predicted molar refractivity (Wildman–Crippen MR) is 84.4 cm³/mol. The van der Waals surface area contributed by atoms with Crippen LogP contribution in [0.15, 0.2) is 52.3 Å². The van der Waals surface area contributed by atoms with E-state index in [2.05, 4.69) is 45.2 Å². The van der Waals surface area contributed by atoms with Gasteiger partial charge in [-0.15, -0.1) is 11.3 Å². The second-order valence-electron chi connectivity index (χ2n) is 4.45. The number of benzene rings is 1. The van der Waals surface area contributed by atoms with E-state index in [0.717, 1.165) is 21.4 Å². The predicted octanol–water partition coefficient (Wildman–Crippen LogP) is 4.30. The fourth-order valence-corrected chi connectivity index (χ4v) is 3.50. The molecule has 0 spiro atoms. The first-order valence-electron chi connectivity index (χ1n) is 6.08. The maximum Gasteiger partial charge on any atom is 0.0705 e. The molecule has 0 saturated heterocycles. The fourth-order valence-electron chi connectivity index (χ4n) is 2.08. The molecule has 0 fully saturated rings. The molecule has 0 aliphatic heterocycles. The van der Waals surface area contributed by atoms with Gasteiger partial charge in [-0.1, -0.05) is 24.3 Å². The summed E-state index contributed by atoms with van der Waals surface area (Å²) in [6.45, 7) is 0. The third kappa shape index (κ3) is 2.86. The van der Waals surface area contributed by atoms with Crippen molar-refractivity contribution in [3.8, 4) is 0 Å². The average Bonchev–Trinajstić information content (AvgIpc) is 2.85. The Balaban J connectivity index is 1.84. The minimum absolute atomic E-state index is 0.00459. The molecule has 0 saturated carbocycles. The summed E-state index contributed by atoms with van der Waals surface area (Å²) >= 11 is 5.15. The number of halogens is 1. The quantitative estimate of drug-likeness (QED) is 0.776. The van der Waals surface area contributed by atoms with Crippen molar-refractivity contribution in [2.75, 3.05) is 0 Å². The van der Waals surface area contributed by atoms with Gasteiger partial charge in [0.05, 0.1) is 9.30 Å². The molecule has 2 aromatic heterocycles. The van der Waals surface area contributed by atoms with Crippen molar-refractivity contribution in [2.24, 2.45) is 5.73 Å². The van der Waals surface area contributed by atoms with Crippen LogP contribution in [-0.2, 0) is 6.42 Å². The minimum atomic E-state index is 0.00459. The Hall–Kier alpha value is -1.23. The second kappa shape index (κ2) is 5.41. The van der Waals surface area contributed by atoms with E-state index in [1.165, 1.54) is 10.3 Å². The smallest absolute Gasteiger partial charge is 0.0705 e. The summed E-state index contributed by atoms with van der Waals surface area (Å²) in [6, 6.07) is 16.4. The van der Waals surface area contributed by atoms with Gasteiger partial charge < -0.3 is 5.73 Å². The minimum Gasteiger partial charge on any atom is -0.323 e. The molecule has 3 aromatic rings. The highest BCUT2D eigenvalue weighted by molar-refractivity contribution is 9.11. The lowest BCUT2D eigenvalue weighted by atomic mass is 10.1. The summed E-state index contributed by atoms with van der Waals surface area (Å²) in [7, 11) is 0. The number of hydrogen-bond donors (Lipinski definition) is 1. The molecule has 2 heterocycles. The molecule has 0 aliphatic carbocycles. The summed E-state index contributed by atoms with van der Waals surface area (Å²) in [5, 5.41) is 1.17. The van der Waals surface area contributed by atoms with Gasteiger partial charge in [-0.25, -0.2) is 0 Å². The zero-order valence-corrected chi connectivity index (χ0v) is 12.6. The first-order chi connectivity index (χ1) is 9.22. The van der Waals surface area contributed by atoms with E-state index >= 15 is 0 Å². The zero-order chi connectivity index (χ0) is 13.2. The van der Waals surface area contributed by atoms with Gasteiger partial charge in [-0.2, -0.15) is 0 Å². The first-order valence-corrected chi connectivity index (χ1v) is 7.69. The Morgan fingerprint density at radius 2 is 1.95 bits per heavy atom. The van der Waals surface area contributed by atoms with Crippen molar-refractivity contribution in [1.82, 2.24) is 4.98 Å². The number of fused-ring (bicyclic) bond motifs is 1. The largest absolute Gasteiger partial charge is 0.323 e. The zero-order valence-electron chi connectivity index (χ0n) is 10.2. The van der Waals surface area contributed by atoms with Crippen LogP contribution in [0.5, 0.6) is 0 Å². The van der Waals surface area contributed by atoms with Crippen molar-refractivity contribution in [3.63, 3.8) is 0 Å². The van der Waals surface area contributed by atoms with Crippen LogP contribution in [0.3, 0.4) is 0 Å². The van der Waals surface area contributed by atoms with Crippen molar-refractivity contribution in [2.45, 2.75) is 12.5 Å². The lowest BCUT2D eigenvalue weighted by Crippen LogP contribution is -2.12. The van der Waals surface area contributed by atoms with Gasteiger partial charge in [0.2, 0.25) is 0 Å². The molecule has 0 bridgehead atoms. The fraction of sp³-hybridized carbons (Fsp3) is 0.133. The molecular weight excluding hydrogens is 320 g/mol. The van der Waals surface area contributed by atoms with Gasteiger partial charge in [0, 0.05) is 28.4 Å². The molecule has 1 atom stereocenters. The van der Waals surface area contributed by atoms with Crippen molar-refractivity contribution >= 4 is 38.2 Å². The molecule has 0 radical (unpaired) electrons. The molecule has 2 nitrogen and oxygen atoms in total. The SMILES string of the molecule is NC(Cc1ccc2ccccc2n1)c1ccc(Br)s1. The Morgan fingerprint density at radius 1 is 1.11 bits per heavy atom. The van der Waals surface area contributed by atoms with Gasteiger partial charge >= 0.3 is 0 Å². The maximum absolute atomic E-state index is 6.23.